The zero-order chi connectivity index (χ0) is 12.9. The normalized spacial score (nSPS) is 10.5. The zero-order valence-electron chi connectivity index (χ0n) is 10.2. The van der Waals surface area contributed by atoms with E-state index in [0.717, 1.165) is 5.56 Å². The molecule has 17 heavy (non-hydrogen) atoms. The molecule has 1 aromatic carbocycles. The summed E-state index contributed by atoms with van der Waals surface area (Å²) >= 11 is 0. The van der Waals surface area contributed by atoms with Crippen LogP contribution in [0.4, 0.5) is 4.79 Å². The molecule has 0 N–H and O–H groups in total. The number of hydrogen-bond acceptors (Lipinski definition) is 4. The summed E-state index contributed by atoms with van der Waals surface area (Å²) < 4.78 is 10.0. The van der Waals surface area contributed by atoms with Crippen LogP contribution < -0.4 is 4.74 Å². The van der Waals surface area contributed by atoms with E-state index in [1.54, 1.807) is 45.0 Å². The molecule has 0 aliphatic heterocycles. The van der Waals surface area contributed by atoms with Gasteiger partial charge >= 0.3 is 6.16 Å². The molecule has 0 aliphatic carbocycles. The van der Waals surface area contributed by atoms with E-state index >= 15 is 0 Å². The third-order valence-corrected chi connectivity index (χ3v) is 1.77. The fourth-order valence-corrected chi connectivity index (χ4v) is 1.18. The monoisotopic (exact) mass is 233 g/mol. The van der Waals surface area contributed by atoms with Crippen LogP contribution in [0.3, 0.4) is 0 Å². The van der Waals surface area contributed by atoms with Crippen LogP contribution in [-0.2, 0) is 11.2 Å². The van der Waals surface area contributed by atoms with Crippen molar-refractivity contribution < 1.29 is 14.3 Å². The molecule has 0 radical (unpaired) electrons. The minimum atomic E-state index is -0.744. The van der Waals surface area contributed by atoms with E-state index in [-0.39, 0.29) is 6.42 Å². The first-order valence-electron chi connectivity index (χ1n) is 5.27. The highest BCUT2D eigenvalue weighted by Gasteiger charge is 2.17. The molecule has 1 aromatic rings. The van der Waals surface area contributed by atoms with Gasteiger partial charge in [-0.1, -0.05) is 12.1 Å². The first kappa shape index (κ1) is 13.0. The second-order valence-electron chi connectivity index (χ2n) is 4.55. The molecule has 0 atom stereocenters. The number of rotatable bonds is 2. The third kappa shape index (κ3) is 5.03. The summed E-state index contributed by atoms with van der Waals surface area (Å²) in [6.07, 6.45) is -0.461. The Kier molecular flexibility index (Phi) is 4.11. The lowest BCUT2D eigenvalue weighted by Crippen LogP contribution is -2.25. The standard InChI is InChI=1S/C13H15NO3/c1-13(2,3)17-12(15)16-11-6-4-5-10(9-11)7-8-14/h4-6,9H,7H2,1-3H3. The van der Waals surface area contributed by atoms with Crippen molar-refractivity contribution in [2.24, 2.45) is 0 Å². The summed E-state index contributed by atoms with van der Waals surface area (Å²) in [5.41, 5.74) is 0.218. The number of nitrogens with zero attached hydrogens (tertiary/aromatic N) is 1. The summed E-state index contributed by atoms with van der Waals surface area (Å²) in [6.45, 7) is 5.29. The van der Waals surface area contributed by atoms with Gasteiger partial charge in [0.15, 0.2) is 0 Å². The van der Waals surface area contributed by atoms with Gasteiger partial charge in [-0.25, -0.2) is 4.79 Å². The Morgan fingerprint density at radius 2 is 2.12 bits per heavy atom. The molecular formula is C13H15NO3. The maximum atomic E-state index is 11.4. The predicted octanol–water partition coefficient (Wildman–Crippen LogP) is 3.07. The van der Waals surface area contributed by atoms with Gasteiger partial charge in [0.05, 0.1) is 12.5 Å². The van der Waals surface area contributed by atoms with Crippen LogP contribution in [0.15, 0.2) is 24.3 Å². The fourth-order valence-electron chi connectivity index (χ4n) is 1.18. The molecule has 0 aliphatic rings. The van der Waals surface area contributed by atoms with E-state index < -0.39 is 11.8 Å². The molecule has 0 unspecified atom stereocenters. The first-order valence-corrected chi connectivity index (χ1v) is 5.27. The maximum absolute atomic E-state index is 11.4. The molecule has 0 aromatic heterocycles. The van der Waals surface area contributed by atoms with Gasteiger partial charge in [-0.3, -0.25) is 0 Å². The molecular weight excluding hydrogens is 218 g/mol. The number of carbonyl (C=O) groups is 1. The van der Waals surface area contributed by atoms with Gasteiger partial charge in [-0.05, 0) is 38.5 Å². The molecule has 4 nitrogen and oxygen atoms in total. The van der Waals surface area contributed by atoms with E-state index in [9.17, 15) is 4.79 Å². The topological polar surface area (TPSA) is 59.3 Å². The van der Waals surface area contributed by atoms with Gasteiger partial charge in [0.2, 0.25) is 0 Å². The Labute approximate surface area is 101 Å². The lowest BCUT2D eigenvalue weighted by atomic mass is 10.2. The number of nitriles is 1. The average molecular weight is 233 g/mol. The van der Waals surface area contributed by atoms with Crippen molar-refractivity contribution in [3.05, 3.63) is 29.8 Å². The van der Waals surface area contributed by atoms with Crippen molar-refractivity contribution in [3.63, 3.8) is 0 Å². The maximum Gasteiger partial charge on any atom is 0.514 e. The van der Waals surface area contributed by atoms with Crippen LogP contribution >= 0.6 is 0 Å². The van der Waals surface area contributed by atoms with Gasteiger partial charge in [-0.15, -0.1) is 0 Å². The summed E-state index contributed by atoms with van der Waals surface area (Å²) in [4.78, 5) is 11.4. The second-order valence-corrected chi connectivity index (χ2v) is 4.55. The van der Waals surface area contributed by atoms with E-state index in [4.69, 9.17) is 14.7 Å². The van der Waals surface area contributed by atoms with Gasteiger partial charge in [0.1, 0.15) is 11.4 Å². The Morgan fingerprint density at radius 1 is 1.41 bits per heavy atom. The van der Waals surface area contributed by atoms with E-state index in [1.807, 2.05) is 6.07 Å². The van der Waals surface area contributed by atoms with Crippen molar-refractivity contribution in [3.8, 4) is 11.8 Å². The van der Waals surface area contributed by atoms with E-state index in [0.29, 0.717) is 5.75 Å². The minimum Gasteiger partial charge on any atom is -0.428 e. The van der Waals surface area contributed by atoms with Crippen LogP contribution in [0.25, 0.3) is 0 Å². The molecule has 1 rings (SSSR count). The molecule has 0 fully saturated rings. The van der Waals surface area contributed by atoms with Crippen LogP contribution in [0, 0.1) is 11.3 Å². The Morgan fingerprint density at radius 3 is 2.71 bits per heavy atom. The molecule has 0 heterocycles. The quantitative estimate of drug-likeness (QED) is 0.581. The van der Waals surface area contributed by atoms with Crippen LogP contribution in [-0.4, -0.2) is 11.8 Å². The van der Waals surface area contributed by atoms with Crippen molar-refractivity contribution in [1.29, 1.82) is 5.26 Å². The van der Waals surface area contributed by atoms with Crippen molar-refractivity contribution >= 4 is 6.16 Å². The highest BCUT2D eigenvalue weighted by atomic mass is 16.7. The summed E-state index contributed by atoms with van der Waals surface area (Å²) in [7, 11) is 0. The minimum absolute atomic E-state index is 0.283. The lowest BCUT2D eigenvalue weighted by Gasteiger charge is -2.18. The van der Waals surface area contributed by atoms with Crippen molar-refractivity contribution in [2.75, 3.05) is 0 Å². The summed E-state index contributed by atoms with van der Waals surface area (Å²) in [6, 6.07) is 8.85. The predicted molar refractivity (Wildman–Crippen MR) is 62.6 cm³/mol. The molecule has 0 spiro atoms. The average Bonchev–Trinajstić information content (AvgIpc) is 2.15. The second kappa shape index (κ2) is 5.35. The highest BCUT2D eigenvalue weighted by molar-refractivity contribution is 5.64. The highest BCUT2D eigenvalue weighted by Crippen LogP contribution is 2.16. The van der Waals surface area contributed by atoms with Gasteiger partial charge in [0.25, 0.3) is 0 Å². The van der Waals surface area contributed by atoms with Crippen molar-refractivity contribution in [2.45, 2.75) is 32.8 Å². The lowest BCUT2D eigenvalue weighted by molar-refractivity contribution is 0.0206. The molecule has 4 heteroatoms. The van der Waals surface area contributed by atoms with Gasteiger partial charge < -0.3 is 9.47 Å². The van der Waals surface area contributed by atoms with E-state index in [1.165, 1.54) is 0 Å². The number of ether oxygens (including phenoxy) is 2. The molecule has 0 saturated carbocycles. The largest absolute Gasteiger partial charge is 0.514 e. The fraction of sp³-hybridized carbons (Fsp3) is 0.385. The molecule has 0 amide bonds. The van der Waals surface area contributed by atoms with Crippen LogP contribution in [0.5, 0.6) is 5.75 Å². The summed E-state index contributed by atoms with van der Waals surface area (Å²) in [5.74, 6) is 0.381. The third-order valence-electron chi connectivity index (χ3n) is 1.77. The van der Waals surface area contributed by atoms with Crippen LogP contribution in [0.2, 0.25) is 0 Å². The summed E-state index contributed by atoms with van der Waals surface area (Å²) in [5, 5.41) is 8.56. The smallest absolute Gasteiger partial charge is 0.428 e. The SMILES string of the molecule is CC(C)(C)OC(=O)Oc1cccc(CC#N)c1. The van der Waals surface area contributed by atoms with Gasteiger partial charge in [0, 0.05) is 0 Å². The molecule has 0 saturated heterocycles. The van der Waals surface area contributed by atoms with E-state index in [2.05, 4.69) is 0 Å². The Bertz CT molecular complexity index is 441. The molecule has 0 bridgehead atoms. The Balaban J connectivity index is 2.66. The number of hydrogen-bond donors (Lipinski definition) is 0. The first-order chi connectivity index (χ1) is 7.90. The Hall–Kier alpha value is -2.02. The van der Waals surface area contributed by atoms with Crippen LogP contribution in [0.1, 0.15) is 26.3 Å². The zero-order valence-corrected chi connectivity index (χ0v) is 10.2. The number of carbonyl (C=O) groups excluding carboxylic acids is 1. The van der Waals surface area contributed by atoms with Gasteiger partial charge in [-0.2, -0.15) is 5.26 Å². The van der Waals surface area contributed by atoms with Crippen molar-refractivity contribution in [1.82, 2.24) is 0 Å². The number of benzene rings is 1. The molecule has 90 valence electrons.